The number of halogens is 1. The van der Waals surface area contributed by atoms with Gasteiger partial charge in [-0.1, -0.05) is 53.2 Å². The smallest absolute Gasteiger partial charge is 0.306 e. The Hall–Kier alpha value is -0.830. The number of rotatable bonds is 2. The second-order valence-electron chi connectivity index (χ2n) is 4.48. The van der Waals surface area contributed by atoms with Gasteiger partial charge in [-0.05, 0) is 17.9 Å². The lowest BCUT2D eigenvalue weighted by Crippen LogP contribution is -2.40. The molecule has 1 aromatic carbocycles. The highest BCUT2D eigenvalue weighted by atomic mass is 79.9. The monoisotopic (exact) mass is 282 g/mol. The third-order valence-corrected chi connectivity index (χ3v) is 3.92. The Kier molecular flexibility index (Phi) is 3.33. The fraction of sp³-hybridized carbons (Fsp3) is 0.462. The van der Waals surface area contributed by atoms with Crippen LogP contribution in [0.25, 0.3) is 0 Å². The fourth-order valence-corrected chi connectivity index (χ4v) is 2.97. The van der Waals surface area contributed by atoms with E-state index in [0.29, 0.717) is 17.7 Å². The largest absolute Gasteiger partial charge is 0.453 e. The molecule has 2 atom stereocenters. The Morgan fingerprint density at radius 1 is 1.44 bits per heavy atom. The van der Waals surface area contributed by atoms with Gasteiger partial charge in [-0.25, -0.2) is 0 Å². The Morgan fingerprint density at radius 3 is 2.69 bits per heavy atom. The first-order chi connectivity index (χ1) is 7.66. The molecule has 1 heterocycles. The van der Waals surface area contributed by atoms with Crippen LogP contribution in [0.4, 0.5) is 0 Å². The number of esters is 1. The van der Waals surface area contributed by atoms with E-state index in [1.165, 1.54) is 0 Å². The van der Waals surface area contributed by atoms with Crippen molar-refractivity contribution in [2.45, 2.75) is 25.4 Å². The van der Waals surface area contributed by atoms with E-state index in [9.17, 15) is 4.79 Å². The summed E-state index contributed by atoms with van der Waals surface area (Å²) < 4.78 is 5.59. The lowest BCUT2D eigenvalue weighted by atomic mass is 9.83. The lowest BCUT2D eigenvalue weighted by molar-refractivity contribution is -0.169. The summed E-state index contributed by atoms with van der Waals surface area (Å²) in [6.45, 7) is 2.10. The first kappa shape index (κ1) is 11.6. The molecule has 86 valence electrons. The first-order valence-corrected chi connectivity index (χ1v) is 6.62. The van der Waals surface area contributed by atoms with Crippen molar-refractivity contribution in [1.82, 2.24) is 0 Å². The molecule has 0 aliphatic carbocycles. The van der Waals surface area contributed by atoms with Crippen LogP contribution in [0.2, 0.25) is 0 Å². The summed E-state index contributed by atoms with van der Waals surface area (Å²) in [5, 5.41) is 0.653. The van der Waals surface area contributed by atoms with Gasteiger partial charge < -0.3 is 4.74 Å². The zero-order valence-corrected chi connectivity index (χ0v) is 10.9. The molecule has 16 heavy (non-hydrogen) atoms. The molecule has 0 spiro atoms. The third kappa shape index (κ3) is 2.14. The average Bonchev–Trinajstić information content (AvgIpc) is 2.29. The summed E-state index contributed by atoms with van der Waals surface area (Å²) in [6, 6.07) is 9.97. The average molecular weight is 283 g/mol. The van der Waals surface area contributed by atoms with Crippen molar-refractivity contribution in [3.05, 3.63) is 35.9 Å². The van der Waals surface area contributed by atoms with Crippen LogP contribution < -0.4 is 0 Å². The molecule has 0 amide bonds. The minimum absolute atomic E-state index is 0.0953. The fourth-order valence-electron chi connectivity index (χ4n) is 2.30. The van der Waals surface area contributed by atoms with E-state index < -0.39 is 5.60 Å². The maximum atomic E-state index is 11.6. The van der Waals surface area contributed by atoms with Crippen molar-refractivity contribution < 1.29 is 9.53 Å². The molecule has 1 aliphatic rings. The summed E-state index contributed by atoms with van der Waals surface area (Å²) >= 11 is 3.48. The summed E-state index contributed by atoms with van der Waals surface area (Å²) in [5.41, 5.74) is 0.600. The molecule has 1 aromatic rings. The van der Waals surface area contributed by atoms with Crippen LogP contribution in [0.3, 0.4) is 0 Å². The van der Waals surface area contributed by atoms with Gasteiger partial charge in [-0.15, -0.1) is 0 Å². The van der Waals surface area contributed by atoms with Crippen LogP contribution in [0.5, 0.6) is 0 Å². The van der Waals surface area contributed by atoms with Crippen LogP contribution in [0.1, 0.15) is 25.3 Å². The van der Waals surface area contributed by atoms with Gasteiger partial charge in [0.15, 0.2) is 0 Å². The van der Waals surface area contributed by atoms with Crippen molar-refractivity contribution >= 4 is 21.9 Å². The lowest BCUT2D eigenvalue weighted by Gasteiger charge is -2.38. The summed E-state index contributed by atoms with van der Waals surface area (Å²) in [5.74, 6) is 0.279. The van der Waals surface area contributed by atoms with Crippen LogP contribution in [0.15, 0.2) is 30.3 Å². The van der Waals surface area contributed by atoms with Gasteiger partial charge >= 0.3 is 5.97 Å². The quantitative estimate of drug-likeness (QED) is 0.615. The maximum Gasteiger partial charge on any atom is 0.306 e. The predicted molar refractivity (Wildman–Crippen MR) is 66.4 cm³/mol. The van der Waals surface area contributed by atoms with Gasteiger partial charge in [0.1, 0.15) is 5.60 Å². The van der Waals surface area contributed by atoms with E-state index >= 15 is 0 Å². The van der Waals surface area contributed by atoms with Crippen molar-refractivity contribution in [2.75, 3.05) is 5.33 Å². The molecule has 0 N–H and O–H groups in total. The van der Waals surface area contributed by atoms with Crippen molar-refractivity contribution in [1.29, 1.82) is 0 Å². The van der Waals surface area contributed by atoms with Gasteiger partial charge in [0.05, 0.1) is 0 Å². The van der Waals surface area contributed by atoms with Crippen LogP contribution in [-0.2, 0) is 15.1 Å². The van der Waals surface area contributed by atoms with E-state index in [1.54, 1.807) is 0 Å². The summed E-state index contributed by atoms with van der Waals surface area (Å²) in [4.78, 5) is 11.6. The Morgan fingerprint density at radius 2 is 2.12 bits per heavy atom. The van der Waals surface area contributed by atoms with Crippen molar-refractivity contribution in [3.8, 4) is 0 Å². The molecule has 1 aliphatic heterocycles. The topological polar surface area (TPSA) is 26.3 Å². The maximum absolute atomic E-state index is 11.6. The molecule has 1 saturated heterocycles. The second kappa shape index (κ2) is 4.58. The Balaban J connectivity index is 2.35. The number of carbonyl (C=O) groups is 1. The van der Waals surface area contributed by atoms with Gasteiger partial charge in [0.2, 0.25) is 0 Å². The molecular formula is C13H15BrO2. The van der Waals surface area contributed by atoms with Crippen LogP contribution >= 0.6 is 15.9 Å². The highest BCUT2D eigenvalue weighted by Gasteiger charge is 2.41. The third-order valence-electron chi connectivity index (χ3n) is 3.02. The standard InChI is InChI=1S/C13H15BrO2/c1-10-7-12(15)16-13(8-10,9-14)11-5-3-2-4-6-11/h2-6,10H,7-9H2,1H3. The molecule has 0 aromatic heterocycles. The number of hydrogen-bond donors (Lipinski definition) is 0. The molecule has 0 radical (unpaired) electrons. The minimum atomic E-state index is -0.476. The minimum Gasteiger partial charge on any atom is -0.453 e. The highest BCUT2D eigenvalue weighted by molar-refractivity contribution is 9.09. The van der Waals surface area contributed by atoms with Gasteiger partial charge in [-0.2, -0.15) is 0 Å². The van der Waals surface area contributed by atoms with E-state index in [-0.39, 0.29) is 5.97 Å². The zero-order valence-electron chi connectivity index (χ0n) is 9.28. The van der Waals surface area contributed by atoms with E-state index in [0.717, 1.165) is 12.0 Å². The normalized spacial score (nSPS) is 29.9. The Labute approximate surface area is 104 Å². The molecular weight excluding hydrogens is 268 g/mol. The molecule has 2 unspecified atom stereocenters. The Bertz CT molecular complexity index is 377. The zero-order chi connectivity index (χ0) is 11.6. The SMILES string of the molecule is CC1CC(=O)OC(CBr)(c2ccccc2)C1. The van der Waals surface area contributed by atoms with Crippen LogP contribution in [-0.4, -0.2) is 11.3 Å². The van der Waals surface area contributed by atoms with Crippen LogP contribution in [0, 0.1) is 5.92 Å². The summed E-state index contributed by atoms with van der Waals surface area (Å²) in [7, 11) is 0. The number of cyclic esters (lactones) is 1. The number of hydrogen-bond acceptors (Lipinski definition) is 2. The van der Waals surface area contributed by atoms with Crippen molar-refractivity contribution in [3.63, 3.8) is 0 Å². The van der Waals surface area contributed by atoms with E-state index in [1.807, 2.05) is 30.3 Å². The molecule has 0 saturated carbocycles. The number of benzene rings is 1. The second-order valence-corrected chi connectivity index (χ2v) is 5.04. The summed E-state index contributed by atoms with van der Waals surface area (Å²) in [6.07, 6.45) is 1.41. The molecule has 0 bridgehead atoms. The number of ether oxygens (including phenoxy) is 1. The number of carbonyl (C=O) groups excluding carboxylic acids is 1. The van der Waals surface area contributed by atoms with Gasteiger partial charge in [0.25, 0.3) is 0 Å². The van der Waals surface area contributed by atoms with Crippen molar-refractivity contribution in [2.24, 2.45) is 5.92 Å². The van der Waals surface area contributed by atoms with Gasteiger partial charge in [0, 0.05) is 11.8 Å². The van der Waals surface area contributed by atoms with E-state index in [4.69, 9.17) is 4.74 Å². The molecule has 2 nitrogen and oxygen atoms in total. The number of alkyl halides is 1. The first-order valence-electron chi connectivity index (χ1n) is 5.49. The predicted octanol–water partition coefficient (Wildman–Crippen LogP) is 3.25. The van der Waals surface area contributed by atoms with Gasteiger partial charge in [-0.3, -0.25) is 4.79 Å². The molecule has 3 heteroatoms. The molecule has 1 fully saturated rings. The van der Waals surface area contributed by atoms with E-state index in [2.05, 4.69) is 22.9 Å². The highest BCUT2D eigenvalue weighted by Crippen LogP contribution is 2.39. The molecule has 2 rings (SSSR count).